The first-order chi connectivity index (χ1) is 13.0. The van der Waals surface area contributed by atoms with Gasteiger partial charge in [-0.1, -0.05) is 61.0 Å². The largest absolute Gasteiger partial charge is 0.355 e. The van der Waals surface area contributed by atoms with Gasteiger partial charge in [-0.05, 0) is 43.9 Å². The Labute approximate surface area is 162 Å². The second-order valence-corrected chi connectivity index (χ2v) is 6.93. The first-order valence-electron chi connectivity index (χ1n) is 9.63. The third kappa shape index (κ3) is 5.68. The molecule has 0 saturated carbocycles. The van der Waals surface area contributed by atoms with E-state index in [2.05, 4.69) is 5.32 Å². The summed E-state index contributed by atoms with van der Waals surface area (Å²) in [6, 6.07) is 15.5. The summed E-state index contributed by atoms with van der Waals surface area (Å²) in [5.74, 6) is -0.117. The van der Waals surface area contributed by atoms with Crippen LogP contribution in [-0.2, 0) is 22.6 Å². The van der Waals surface area contributed by atoms with Crippen LogP contribution in [0.4, 0.5) is 0 Å². The van der Waals surface area contributed by atoms with Gasteiger partial charge >= 0.3 is 0 Å². The number of aryl methyl sites for hydroxylation is 2. The Morgan fingerprint density at radius 3 is 2.26 bits per heavy atom. The van der Waals surface area contributed by atoms with E-state index in [-0.39, 0.29) is 11.8 Å². The molecule has 2 amide bonds. The highest BCUT2D eigenvalue weighted by Gasteiger charge is 2.28. The molecule has 1 atom stereocenters. The zero-order valence-corrected chi connectivity index (χ0v) is 16.8. The summed E-state index contributed by atoms with van der Waals surface area (Å²) in [7, 11) is 0. The number of rotatable bonds is 8. The molecular formula is C23H30N2O2. The van der Waals surface area contributed by atoms with Crippen LogP contribution >= 0.6 is 0 Å². The Kier molecular flexibility index (Phi) is 7.59. The minimum Gasteiger partial charge on any atom is -0.355 e. The number of nitrogens with zero attached hydrogens (tertiary/aromatic N) is 1. The Hall–Kier alpha value is -2.62. The van der Waals surface area contributed by atoms with E-state index in [1.54, 1.807) is 4.90 Å². The number of hydrogen-bond donors (Lipinski definition) is 1. The predicted octanol–water partition coefficient (Wildman–Crippen LogP) is 3.79. The summed E-state index contributed by atoms with van der Waals surface area (Å²) in [6.07, 6.45) is 0.881. The van der Waals surface area contributed by atoms with Crippen LogP contribution in [0.15, 0.2) is 48.5 Å². The first kappa shape index (κ1) is 20.7. The van der Waals surface area contributed by atoms with Crippen LogP contribution in [0.25, 0.3) is 0 Å². The van der Waals surface area contributed by atoms with Crippen molar-refractivity contribution in [2.45, 2.75) is 53.1 Å². The van der Waals surface area contributed by atoms with Gasteiger partial charge in [0.25, 0.3) is 0 Å². The summed E-state index contributed by atoms with van der Waals surface area (Å²) in [5.41, 5.74) is 4.29. The van der Waals surface area contributed by atoms with E-state index in [0.29, 0.717) is 25.9 Å². The summed E-state index contributed by atoms with van der Waals surface area (Å²) in [5, 5.41) is 2.87. The molecule has 0 fully saturated rings. The molecule has 2 rings (SSSR count). The fraction of sp³-hybridized carbons (Fsp3) is 0.391. The van der Waals surface area contributed by atoms with Gasteiger partial charge in [0.05, 0.1) is 6.42 Å². The van der Waals surface area contributed by atoms with Gasteiger partial charge < -0.3 is 10.2 Å². The number of amides is 2. The second-order valence-electron chi connectivity index (χ2n) is 6.93. The molecule has 0 aliphatic carbocycles. The van der Waals surface area contributed by atoms with Crippen molar-refractivity contribution in [3.05, 3.63) is 70.8 Å². The highest BCUT2D eigenvalue weighted by molar-refractivity contribution is 5.88. The monoisotopic (exact) mass is 366 g/mol. The summed E-state index contributed by atoms with van der Waals surface area (Å²) in [4.78, 5) is 27.5. The number of carbonyl (C=O) groups excluding carboxylic acids is 2. The lowest BCUT2D eigenvalue weighted by molar-refractivity contribution is -0.140. The lowest BCUT2D eigenvalue weighted by Crippen LogP contribution is -2.49. The summed E-state index contributed by atoms with van der Waals surface area (Å²) in [6.45, 7) is 8.87. The third-order valence-electron chi connectivity index (χ3n) is 4.81. The van der Waals surface area contributed by atoms with Crippen molar-refractivity contribution in [1.29, 1.82) is 0 Å². The summed E-state index contributed by atoms with van der Waals surface area (Å²) >= 11 is 0. The molecule has 0 aliphatic heterocycles. The van der Waals surface area contributed by atoms with E-state index >= 15 is 0 Å². The van der Waals surface area contributed by atoms with E-state index in [0.717, 1.165) is 16.7 Å². The molecule has 4 nitrogen and oxygen atoms in total. The summed E-state index contributed by atoms with van der Waals surface area (Å²) < 4.78 is 0. The number of hydrogen-bond acceptors (Lipinski definition) is 2. The van der Waals surface area contributed by atoms with Crippen LogP contribution in [0.2, 0.25) is 0 Å². The van der Waals surface area contributed by atoms with E-state index in [1.807, 2.05) is 76.2 Å². The van der Waals surface area contributed by atoms with E-state index in [9.17, 15) is 9.59 Å². The Balaban J connectivity index is 2.29. The smallest absolute Gasteiger partial charge is 0.242 e. The predicted molar refractivity (Wildman–Crippen MR) is 109 cm³/mol. The maximum atomic E-state index is 13.2. The average molecular weight is 367 g/mol. The van der Waals surface area contributed by atoms with Crippen molar-refractivity contribution in [2.75, 3.05) is 6.54 Å². The van der Waals surface area contributed by atoms with Crippen molar-refractivity contribution >= 4 is 11.8 Å². The van der Waals surface area contributed by atoms with Crippen LogP contribution in [0.3, 0.4) is 0 Å². The molecule has 0 spiro atoms. The van der Waals surface area contributed by atoms with Crippen LogP contribution in [-0.4, -0.2) is 29.3 Å². The minimum atomic E-state index is -0.470. The average Bonchev–Trinajstić information content (AvgIpc) is 2.65. The molecule has 4 heteroatoms. The molecule has 2 aromatic carbocycles. The van der Waals surface area contributed by atoms with Gasteiger partial charge in [0.2, 0.25) is 11.8 Å². The molecule has 0 unspecified atom stereocenters. The van der Waals surface area contributed by atoms with Crippen molar-refractivity contribution in [3.63, 3.8) is 0 Å². The molecule has 0 bridgehead atoms. The van der Waals surface area contributed by atoms with Gasteiger partial charge in [-0.15, -0.1) is 0 Å². The molecule has 27 heavy (non-hydrogen) atoms. The molecule has 0 radical (unpaired) electrons. The maximum Gasteiger partial charge on any atom is 0.242 e. The topological polar surface area (TPSA) is 49.4 Å². The number of carbonyl (C=O) groups is 2. The van der Waals surface area contributed by atoms with Gasteiger partial charge in [-0.3, -0.25) is 9.59 Å². The molecule has 144 valence electrons. The van der Waals surface area contributed by atoms with Crippen molar-refractivity contribution in [1.82, 2.24) is 10.2 Å². The minimum absolute atomic E-state index is 0.0250. The molecular weight excluding hydrogens is 336 g/mol. The van der Waals surface area contributed by atoms with E-state index in [1.165, 1.54) is 5.56 Å². The second kappa shape index (κ2) is 9.91. The molecule has 2 aromatic rings. The number of benzene rings is 2. The standard InChI is InChI=1S/C23H30N2O2/c1-5-21(23(27)24-6-2)25(16-19-13-11-17(3)12-14-19)22(26)15-20-10-8-7-9-18(20)4/h7-14,21H,5-6,15-16H2,1-4H3,(H,24,27)/t21-/m1/s1. The first-order valence-corrected chi connectivity index (χ1v) is 9.63. The van der Waals surface area contributed by atoms with Gasteiger partial charge in [-0.25, -0.2) is 0 Å². The third-order valence-corrected chi connectivity index (χ3v) is 4.81. The zero-order valence-electron chi connectivity index (χ0n) is 16.8. The van der Waals surface area contributed by atoms with Crippen LogP contribution < -0.4 is 5.32 Å². The Bertz CT molecular complexity index is 768. The molecule has 0 heterocycles. The van der Waals surface area contributed by atoms with E-state index < -0.39 is 6.04 Å². The normalized spacial score (nSPS) is 11.7. The fourth-order valence-corrected chi connectivity index (χ4v) is 3.17. The Morgan fingerprint density at radius 1 is 1.00 bits per heavy atom. The molecule has 0 aromatic heterocycles. The van der Waals surface area contributed by atoms with Crippen molar-refractivity contribution in [2.24, 2.45) is 0 Å². The number of nitrogens with one attached hydrogen (secondary N) is 1. The molecule has 1 N–H and O–H groups in total. The zero-order chi connectivity index (χ0) is 19.8. The van der Waals surface area contributed by atoms with Gasteiger partial charge in [0.15, 0.2) is 0 Å². The van der Waals surface area contributed by atoms with Gasteiger partial charge in [0.1, 0.15) is 6.04 Å². The Morgan fingerprint density at radius 2 is 1.67 bits per heavy atom. The number of likely N-dealkylation sites (N-methyl/N-ethyl adjacent to an activating group) is 1. The van der Waals surface area contributed by atoms with Crippen LogP contribution in [0, 0.1) is 13.8 Å². The quantitative estimate of drug-likeness (QED) is 0.773. The van der Waals surface area contributed by atoms with Gasteiger partial charge in [0, 0.05) is 13.1 Å². The van der Waals surface area contributed by atoms with Gasteiger partial charge in [-0.2, -0.15) is 0 Å². The highest BCUT2D eigenvalue weighted by atomic mass is 16.2. The molecule has 0 saturated heterocycles. The van der Waals surface area contributed by atoms with Crippen LogP contribution in [0.1, 0.15) is 42.5 Å². The van der Waals surface area contributed by atoms with E-state index in [4.69, 9.17) is 0 Å². The lowest BCUT2D eigenvalue weighted by atomic mass is 10.0. The maximum absolute atomic E-state index is 13.2. The highest BCUT2D eigenvalue weighted by Crippen LogP contribution is 2.16. The van der Waals surface area contributed by atoms with Crippen molar-refractivity contribution < 1.29 is 9.59 Å². The van der Waals surface area contributed by atoms with Crippen LogP contribution in [0.5, 0.6) is 0 Å². The lowest BCUT2D eigenvalue weighted by Gasteiger charge is -2.31. The SMILES string of the molecule is CCNC(=O)[C@@H](CC)N(Cc1ccc(C)cc1)C(=O)Cc1ccccc1C. The fourth-order valence-electron chi connectivity index (χ4n) is 3.17. The van der Waals surface area contributed by atoms with Crippen molar-refractivity contribution in [3.8, 4) is 0 Å². The molecule has 0 aliphatic rings.